The summed E-state index contributed by atoms with van der Waals surface area (Å²) in [7, 11) is 1.20. The molecule has 0 N–H and O–H groups in total. The smallest absolute Gasteiger partial charge is 0.338 e. The molecule has 0 atom stereocenters. The van der Waals surface area contributed by atoms with Crippen LogP contribution in [-0.2, 0) is 14.3 Å². The van der Waals surface area contributed by atoms with Crippen molar-refractivity contribution in [2.75, 3.05) is 7.11 Å². The Balaban J connectivity index is 2.55. The van der Waals surface area contributed by atoms with E-state index in [0.29, 0.717) is 11.1 Å². The third-order valence-corrected chi connectivity index (χ3v) is 3.14. The van der Waals surface area contributed by atoms with Gasteiger partial charge in [0, 0.05) is 5.57 Å². The predicted molar refractivity (Wildman–Crippen MR) is 85.9 cm³/mol. The minimum atomic E-state index is -1.44. The standard InChI is InChI=1S/C19H16O4/c1-23-19(22)17(13-15-10-6-3-7-11-15)16(18(20)21)12-14-8-4-2-5-9-14/h2-13H,1H3,(H,20,21)/p-1/b16-12-,17-13-. The highest BCUT2D eigenvalue weighted by molar-refractivity contribution is 6.11. The van der Waals surface area contributed by atoms with E-state index in [0.717, 1.165) is 0 Å². The minimum Gasteiger partial charge on any atom is -0.545 e. The van der Waals surface area contributed by atoms with Gasteiger partial charge in [-0.05, 0) is 23.3 Å². The van der Waals surface area contributed by atoms with E-state index < -0.39 is 11.9 Å². The molecule has 4 heteroatoms. The summed E-state index contributed by atoms with van der Waals surface area (Å²) in [5, 5.41) is 11.5. The van der Waals surface area contributed by atoms with Crippen LogP contribution in [0.15, 0.2) is 71.8 Å². The molecule has 0 saturated heterocycles. The van der Waals surface area contributed by atoms with Crippen molar-refractivity contribution in [2.45, 2.75) is 0 Å². The first kappa shape index (κ1) is 16.2. The van der Waals surface area contributed by atoms with Gasteiger partial charge in [0.15, 0.2) is 0 Å². The van der Waals surface area contributed by atoms with Crippen molar-refractivity contribution in [3.05, 3.63) is 82.9 Å². The van der Waals surface area contributed by atoms with Crippen molar-refractivity contribution >= 4 is 24.1 Å². The lowest BCUT2D eigenvalue weighted by molar-refractivity contribution is -0.298. The Morgan fingerprint density at radius 2 is 1.26 bits per heavy atom. The zero-order valence-electron chi connectivity index (χ0n) is 12.6. The molecule has 2 aromatic carbocycles. The maximum atomic E-state index is 12.0. The number of aliphatic carboxylic acids is 1. The molecule has 23 heavy (non-hydrogen) atoms. The van der Waals surface area contributed by atoms with Crippen molar-refractivity contribution in [3.8, 4) is 0 Å². The van der Waals surface area contributed by atoms with Crippen LogP contribution in [0.25, 0.3) is 12.2 Å². The largest absolute Gasteiger partial charge is 0.545 e. The van der Waals surface area contributed by atoms with Gasteiger partial charge in [0.25, 0.3) is 0 Å². The number of carboxylic acids is 1. The Hall–Kier alpha value is -3.14. The van der Waals surface area contributed by atoms with Gasteiger partial charge in [-0.25, -0.2) is 4.79 Å². The second-order valence-corrected chi connectivity index (χ2v) is 4.72. The third-order valence-electron chi connectivity index (χ3n) is 3.14. The number of esters is 1. The molecule has 0 aliphatic carbocycles. The Morgan fingerprint density at radius 3 is 1.65 bits per heavy atom. The zero-order valence-corrected chi connectivity index (χ0v) is 12.6. The van der Waals surface area contributed by atoms with E-state index in [-0.39, 0.29) is 11.1 Å². The number of carbonyl (C=O) groups is 2. The van der Waals surface area contributed by atoms with Crippen LogP contribution in [0.1, 0.15) is 11.1 Å². The number of benzene rings is 2. The highest BCUT2D eigenvalue weighted by Gasteiger charge is 2.16. The van der Waals surface area contributed by atoms with Crippen molar-refractivity contribution in [3.63, 3.8) is 0 Å². The van der Waals surface area contributed by atoms with Crippen molar-refractivity contribution in [1.82, 2.24) is 0 Å². The molecule has 0 heterocycles. The summed E-state index contributed by atoms with van der Waals surface area (Å²) in [5.74, 6) is -2.18. The van der Waals surface area contributed by atoms with Gasteiger partial charge < -0.3 is 14.6 Å². The molecular weight excluding hydrogens is 292 g/mol. The van der Waals surface area contributed by atoms with E-state index in [1.807, 2.05) is 12.1 Å². The van der Waals surface area contributed by atoms with Gasteiger partial charge in [-0.1, -0.05) is 60.7 Å². The number of rotatable bonds is 5. The Kier molecular flexibility index (Phi) is 5.47. The monoisotopic (exact) mass is 307 g/mol. The first-order chi connectivity index (χ1) is 11.1. The Morgan fingerprint density at radius 1 is 0.826 bits per heavy atom. The van der Waals surface area contributed by atoms with Crippen LogP contribution in [0.2, 0.25) is 0 Å². The van der Waals surface area contributed by atoms with Crippen molar-refractivity contribution < 1.29 is 19.4 Å². The van der Waals surface area contributed by atoms with Gasteiger partial charge in [0.05, 0.1) is 18.7 Å². The molecule has 4 nitrogen and oxygen atoms in total. The van der Waals surface area contributed by atoms with Crippen LogP contribution < -0.4 is 5.11 Å². The van der Waals surface area contributed by atoms with Crippen LogP contribution in [-0.4, -0.2) is 19.0 Å². The van der Waals surface area contributed by atoms with Gasteiger partial charge in [0.1, 0.15) is 0 Å². The first-order valence-electron chi connectivity index (χ1n) is 6.95. The van der Waals surface area contributed by atoms with E-state index in [1.165, 1.54) is 19.3 Å². The molecule has 0 unspecified atom stereocenters. The number of carbonyl (C=O) groups excluding carboxylic acids is 2. The first-order valence-corrected chi connectivity index (χ1v) is 6.95. The summed E-state index contributed by atoms with van der Waals surface area (Å²) in [6.07, 6.45) is 2.86. The predicted octanol–water partition coefficient (Wildman–Crippen LogP) is 2.08. The summed E-state index contributed by atoms with van der Waals surface area (Å²) in [6, 6.07) is 17.8. The van der Waals surface area contributed by atoms with Crippen molar-refractivity contribution in [1.29, 1.82) is 0 Å². The summed E-state index contributed by atoms with van der Waals surface area (Å²) in [5.41, 5.74) is 1.04. The Labute approximate surface area is 134 Å². The molecule has 0 aliphatic heterocycles. The van der Waals surface area contributed by atoms with E-state index in [2.05, 4.69) is 0 Å². The van der Waals surface area contributed by atoms with Gasteiger partial charge >= 0.3 is 5.97 Å². The molecule has 0 radical (unpaired) electrons. The van der Waals surface area contributed by atoms with Gasteiger partial charge in [-0.15, -0.1) is 0 Å². The lowest BCUT2D eigenvalue weighted by Crippen LogP contribution is -2.27. The zero-order chi connectivity index (χ0) is 16.7. The second-order valence-electron chi connectivity index (χ2n) is 4.72. The molecule has 0 aliphatic rings. The van der Waals surface area contributed by atoms with Crippen LogP contribution in [0.5, 0.6) is 0 Å². The molecule has 0 saturated carbocycles. The van der Waals surface area contributed by atoms with Gasteiger partial charge in [-0.2, -0.15) is 0 Å². The summed E-state index contributed by atoms with van der Waals surface area (Å²) >= 11 is 0. The molecular formula is C19H15O4-. The van der Waals surface area contributed by atoms with Crippen LogP contribution >= 0.6 is 0 Å². The number of ether oxygens (including phenoxy) is 1. The highest BCUT2D eigenvalue weighted by Crippen LogP contribution is 2.19. The lowest BCUT2D eigenvalue weighted by Gasteiger charge is -2.12. The van der Waals surface area contributed by atoms with Crippen LogP contribution in [0.4, 0.5) is 0 Å². The SMILES string of the molecule is COC(=O)C(=C\c1ccccc1)/C(=C/c1ccccc1)C(=O)[O-]. The molecule has 0 amide bonds. The summed E-state index contributed by atoms with van der Waals surface area (Å²) in [4.78, 5) is 23.6. The molecule has 116 valence electrons. The average molecular weight is 307 g/mol. The molecule has 2 rings (SSSR count). The fraction of sp³-hybridized carbons (Fsp3) is 0.0526. The maximum Gasteiger partial charge on any atom is 0.338 e. The number of methoxy groups -OCH3 is 1. The topological polar surface area (TPSA) is 66.4 Å². The summed E-state index contributed by atoms with van der Waals surface area (Å²) < 4.78 is 4.71. The maximum absolute atomic E-state index is 12.0. The van der Waals surface area contributed by atoms with Gasteiger partial charge in [0.2, 0.25) is 0 Å². The van der Waals surface area contributed by atoms with E-state index in [1.54, 1.807) is 48.5 Å². The number of hydrogen-bond acceptors (Lipinski definition) is 4. The second kappa shape index (κ2) is 7.75. The summed E-state index contributed by atoms with van der Waals surface area (Å²) in [6.45, 7) is 0. The fourth-order valence-corrected chi connectivity index (χ4v) is 2.04. The number of hydrogen-bond donors (Lipinski definition) is 0. The minimum absolute atomic E-state index is 0.0671. The van der Waals surface area contributed by atoms with E-state index in [9.17, 15) is 14.7 Å². The normalized spacial score (nSPS) is 11.9. The quantitative estimate of drug-likeness (QED) is 0.482. The average Bonchev–Trinajstić information content (AvgIpc) is 2.59. The highest BCUT2D eigenvalue weighted by atomic mass is 16.5. The van der Waals surface area contributed by atoms with Crippen LogP contribution in [0, 0.1) is 0 Å². The lowest BCUT2D eigenvalue weighted by atomic mass is 10.0. The molecule has 0 fully saturated rings. The van der Waals surface area contributed by atoms with E-state index >= 15 is 0 Å². The molecule has 0 spiro atoms. The fourth-order valence-electron chi connectivity index (χ4n) is 2.04. The molecule has 0 bridgehead atoms. The van der Waals surface area contributed by atoms with Crippen molar-refractivity contribution in [2.24, 2.45) is 0 Å². The molecule has 2 aromatic rings. The van der Waals surface area contributed by atoms with Gasteiger partial charge in [-0.3, -0.25) is 0 Å². The van der Waals surface area contributed by atoms with E-state index in [4.69, 9.17) is 4.74 Å². The van der Waals surface area contributed by atoms with Crippen LogP contribution in [0.3, 0.4) is 0 Å². The third kappa shape index (κ3) is 4.41. The Bertz CT molecular complexity index is 743. The molecule has 0 aromatic heterocycles. The number of carboxylic acid groups (broad SMARTS) is 1.